The highest BCUT2D eigenvalue weighted by molar-refractivity contribution is 5.91. The summed E-state index contributed by atoms with van der Waals surface area (Å²) in [4.78, 5) is 38.0. The summed E-state index contributed by atoms with van der Waals surface area (Å²) in [5.41, 5.74) is 3.50. The molecule has 0 bridgehead atoms. The van der Waals surface area contributed by atoms with Crippen molar-refractivity contribution in [3.05, 3.63) is 102 Å². The maximum Gasteiger partial charge on any atom is 0.343 e. The molecule has 34 heavy (non-hydrogen) atoms. The van der Waals surface area contributed by atoms with Gasteiger partial charge in [0.1, 0.15) is 0 Å². The Morgan fingerprint density at radius 2 is 1.41 bits per heavy atom. The SMILES string of the molecule is CCOc1cc(C(c2c(C)[nH][nH]c2=O)c2c(C)[nH][nH]c2=O)ccc1OC(=O)c1ccc(C)cc1. The summed E-state index contributed by atoms with van der Waals surface area (Å²) in [6.07, 6.45) is 0. The quantitative estimate of drug-likeness (QED) is 0.247. The van der Waals surface area contributed by atoms with Crippen molar-refractivity contribution in [2.24, 2.45) is 0 Å². The number of carbonyl (C=O) groups is 1. The van der Waals surface area contributed by atoms with Crippen molar-refractivity contribution < 1.29 is 14.3 Å². The first-order chi connectivity index (χ1) is 16.3. The van der Waals surface area contributed by atoms with Gasteiger partial charge in [0, 0.05) is 17.3 Å². The molecule has 0 spiro atoms. The van der Waals surface area contributed by atoms with E-state index < -0.39 is 11.9 Å². The zero-order chi connectivity index (χ0) is 24.4. The van der Waals surface area contributed by atoms with Crippen LogP contribution in [-0.2, 0) is 0 Å². The largest absolute Gasteiger partial charge is 0.490 e. The molecule has 4 aromatic rings. The first-order valence-corrected chi connectivity index (χ1v) is 10.9. The van der Waals surface area contributed by atoms with E-state index in [-0.39, 0.29) is 16.9 Å². The summed E-state index contributed by atoms with van der Waals surface area (Å²) in [6.45, 7) is 7.61. The number of H-pyrrole nitrogens is 4. The molecule has 9 heteroatoms. The van der Waals surface area contributed by atoms with Crippen molar-refractivity contribution in [3.63, 3.8) is 0 Å². The number of nitrogens with one attached hydrogen (secondary N) is 4. The van der Waals surface area contributed by atoms with Crippen LogP contribution in [-0.4, -0.2) is 33.0 Å². The van der Waals surface area contributed by atoms with Gasteiger partial charge < -0.3 is 19.7 Å². The molecule has 0 atom stereocenters. The summed E-state index contributed by atoms with van der Waals surface area (Å²) in [6, 6.07) is 12.1. The average molecular weight is 463 g/mol. The molecule has 0 amide bonds. The predicted molar refractivity (Wildman–Crippen MR) is 127 cm³/mol. The van der Waals surface area contributed by atoms with Crippen molar-refractivity contribution >= 4 is 5.97 Å². The minimum atomic E-state index is -0.675. The lowest BCUT2D eigenvalue weighted by Gasteiger charge is -2.18. The number of benzene rings is 2. The Morgan fingerprint density at radius 1 is 0.824 bits per heavy atom. The van der Waals surface area contributed by atoms with E-state index in [1.165, 1.54) is 0 Å². The van der Waals surface area contributed by atoms with Crippen LogP contribution in [0.2, 0.25) is 0 Å². The summed E-state index contributed by atoms with van der Waals surface area (Å²) in [5, 5.41) is 10.8. The highest BCUT2D eigenvalue weighted by atomic mass is 16.6. The Hall–Kier alpha value is -4.27. The first-order valence-electron chi connectivity index (χ1n) is 10.9. The summed E-state index contributed by atoms with van der Waals surface area (Å²) in [5.74, 6) is -0.610. The molecule has 2 aromatic heterocycles. The fourth-order valence-electron chi connectivity index (χ4n) is 3.99. The van der Waals surface area contributed by atoms with Gasteiger partial charge in [0.2, 0.25) is 0 Å². The Morgan fingerprint density at radius 3 is 1.91 bits per heavy atom. The van der Waals surface area contributed by atoms with Gasteiger partial charge >= 0.3 is 5.97 Å². The number of hydrogen-bond acceptors (Lipinski definition) is 5. The molecule has 2 aromatic carbocycles. The van der Waals surface area contributed by atoms with Crippen LogP contribution < -0.4 is 20.6 Å². The second-order valence-electron chi connectivity index (χ2n) is 8.06. The second kappa shape index (κ2) is 9.30. The van der Waals surface area contributed by atoms with Crippen LogP contribution in [0.25, 0.3) is 0 Å². The molecule has 0 unspecified atom stereocenters. The van der Waals surface area contributed by atoms with E-state index in [0.29, 0.717) is 46.0 Å². The molecule has 0 aliphatic heterocycles. The van der Waals surface area contributed by atoms with E-state index in [4.69, 9.17) is 9.47 Å². The van der Waals surface area contributed by atoms with E-state index >= 15 is 0 Å². The van der Waals surface area contributed by atoms with E-state index in [0.717, 1.165) is 5.56 Å². The Bertz CT molecular complexity index is 1380. The normalized spacial score (nSPS) is 11.1. The molecular formula is C25H26N4O5. The van der Waals surface area contributed by atoms with E-state index in [1.54, 1.807) is 44.2 Å². The Kier molecular flexibility index (Phi) is 6.27. The van der Waals surface area contributed by atoms with Gasteiger partial charge in [-0.1, -0.05) is 23.8 Å². The monoisotopic (exact) mass is 462 g/mol. The number of ether oxygens (including phenoxy) is 2. The van der Waals surface area contributed by atoms with Crippen LogP contribution >= 0.6 is 0 Å². The zero-order valence-electron chi connectivity index (χ0n) is 19.4. The minimum absolute atomic E-state index is 0.245. The van der Waals surface area contributed by atoms with Crippen LogP contribution in [0.5, 0.6) is 11.5 Å². The molecule has 176 valence electrons. The molecule has 0 radical (unpaired) electrons. The molecule has 2 heterocycles. The highest BCUT2D eigenvalue weighted by Crippen LogP contribution is 2.37. The van der Waals surface area contributed by atoms with Crippen molar-refractivity contribution in [2.45, 2.75) is 33.6 Å². The number of aromatic amines is 4. The number of esters is 1. The van der Waals surface area contributed by atoms with Crippen molar-refractivity contribution in [3.8, 4) is 11.5 Å². The fraction of sp³-hybridized carbons (Fsp3) is 0.240. The average Bonchev–Trinajstić information content (AvgIpc) is 3.32. The minimum Gasteiger partial charge on any atom is -0.490 e. The number of hydrogen-bond donors (Lipinski definition) is 4. The van der Waals surface area contributed by atoms with Gasteiger partial charge in [0.15, 0.2) is 11.5 Å². The summed E-state index contributed by atoms with van der Waals surface area (Å²) < 4.78 is 11.4. The molecule has 4 N–H and O–H groups in total. The molecule has 0 aliphatic carbocycles. The maximum atomic E-state index is 12.7. The molecule has 0 fully saturated rings. The van der Waals surface area contributed by atoms with Gasteiger partial charge in [0.05, 0.1) is 23.3 Å². The maximum absolute atomic E-state index is 12.7. The standard InChI is InChI=1S/C25H26N4O5/c1-5-33-19-12-17(10-11-18(19)34-25(32)16-8-6-13(2)7-9-16)22(20-14(3)26-28-23(20)30)21-15(4)27-29-24(21)31/h6-12,22H,5H2,1-4H3,(H2,26,28,30)(H2,27,29,31). The van der Waals surface area contributed by atoms with E-state index in [2.05, 4.69) is 20.4 Å². The molecule has 4 rings (SSSR count). The van der Waals surface area contributed by atoms with Gasteiger partial charge in [-0.15, -0.1) is 0 Å². The van der Waals surface area contributed by atoms with E-state index in [9.17, 15) is 14.4 Å². The Balaban J connectivity index is 1.80. The third-order valence-corrected chi connectivity index (χ3v) is 5.69. The van der Waals surface area contributed by atoms with Crippen LogP contribution in [0.3, 0.4) is 0 Å². The van der Waals surface area contributed by atoms with Crippen molar-refractivity contribution in [1.29, 1.82) is 0 Å². The van der Waals surface area contributed by atoms with Crippen LogP contribution in [0.1, 0.15) is 56.8 Å². The third-order valence-electron chi connectivity index (χ3n) is 5.69. The van der Waals surface area contributed by atoms with Gasteiger partial charge in [-0.25, -0.2) is 4.79 Å². The fourth-order valence-corrected chi connectivity index (χ4v) is 3.99. The Labute approximate surface area is 195 Å². The van der Waals surface area contributed by atoms with Crippen LogP contribution in [0.4, 0.5) is 0 Å². The molecule has 0 aliphatic rings. The van der Waals surface area contributed by atoms with Gasteiger partial charge in [-0.05, 0) is 57.5 Å². The summed E-state index contributed by atoms with van der Waals surface area (Å²) >= 11 is 0. The number of rotatable bonds is 7. The lowest BCUT2D eigenvalue weighted by molar-refractivity contribution is 0.0728. The number of aromatic nitrogens is 4. The summed E-state index contributed by atoms with van der Waals surface area (Å²) in [7, 11) is 0. The van der Waals surface area contributed by atoms with Gasteiger partial charge in [0.25, 0.3) is 11.1 Å². The number of aryl methyl sites for hydroxylation is 3. The topological polar surface area (TPSA) is 133 Å². The zero-order valence-corrected chi connectivity index (χ0v) is 19.4. The molecule has 0 saturated carbocycles. The highest BCUT2D eigenvalue weighted by Gasteiger charge is 2.29. The lowest BCUT2D eigenvalue weighted by Crippen LogP contribution is -2.20. The van der Waals surface area contributed by atoms with Gasteiger partial charge in [-0.2, -0.15) is 0 Å². The lowest BCUT2D eigenvalue weighted by atomic mass is 9.85. The first kappa shape index (κ1) is 22.9. The van der Waals surface area contributed by atoms with Crippen LogP contribution in [0, 0.1) is 20.8 Å². The molecular weight excluding hydrogens is 436 g/mol. The third kappa shape index (κ3) is 4.32. The second-order valence-corrected chi connectivity index (χ2v) is 8.06. The number of carbonyl (C=O) groups excluding carboxylic acids is 1. The smallest absolute Gasteiger partial charge is 0.343 e. The van der Waals surface area contributed by atoms with E-state index in [1.807, 2.05) is 26.0 Å². The van der Waals surface area contributed by atoms with Crippen LogP contribution in [0.15, 0.2) is 52.1 Å². The molecule has 9 nitrogen and oxygen atoms in total. The predicted octanol–water partition coefficient (Wildman–Crippen LogP) is 3.44. The van der Waals surface area contributed by atoms with Crippen molar-refractivity contribution in [1.82, 2.24) is 20.4 Å². The van der Waals surface area contributed by atoms with Gasteiger partial charge in [-0.3, -0.25) is 19.8 Å². The molecule has 0 saturated heterocycles. The van der Waals surface area contributed by atoms with Crippen molar-refractivity contribution in [2.75, 3.05) is 6.61 Å².